The van der Waals surface area contributed by atoms with Crippen LogP contribution in [0.5, 0.6) is 17.2 Å². The predicted molar refractivity (Wildman–Crippen MR) is 99.1 cm³/mol. The van der Waals surface area contributed by atoms with Crippen LogP contribution in [0, 0.1) is 0 Å². The molecule has 0 spiro atoms. The summed E-state index contributed by atoms with van der Waals surface area (Å²) in [7, 11) is 0. The topological polar surface area (TPSA) is 71.1 Å². The van der Waals surface area contributed by atoms with Crippen LogP contribution in [0.4, 0.5) is 0 Å². The van der Waals surface area contributed by atoms with Gasteiger partial charge in [-0.1, -0.05) is 12.1 Å². The van der Waals surface area contributed by atoms with Crippen LogP contribution in [0.15, 0.2) is 48.2 Å². The Kier molecular flexibility index (Phi) is 5.76. The number of fused-ring (bicyclic) bond motifs is 1. The van der Waals surface area contributed by atoms with Gasteiger partial charge in [-0.3, -0.25) is 4.79 Å². The van der Waals surface area contributed by atoms with Gasteiger partial charge in [0.2, 0.25) is 5.78 Å². The standard InChI is InChI=1S/C21H20O6/c1-3-24-16-9-10-17-18(12-16)27-19(21(17)23)11-14-5-7-15(8-6-14)26-13-20(22)25-4-2/h5-12H,3-4,13H2,1-2H3/b19-11-. The van der Waals surface area contributed by atoms with Gasteiger partial charge in [-0.25, -0.2) is 4.79 Å². The Hall–Kier alpha value is -3.28. The summed E-state index contributed by atoms with van der Waals surface area (Å²) in [5, 5.41) is 0. The van der Waals surface area contributed by atoms with Crippen LogP contribution in [0.3, 0.4) is 0 Å². The number of carbonyl (C=O) groups is 2. The van der Waals surface area contributed by atoms with Crippen LogP contribution in [-0.2, 0) is 9.53 Å². The molecule has 0 aromatic heterocycles. The third-order valence-corrected chi connectivity index (χ3v) is 3.79. The average Bonchev–Trinajstić information content (AvgIpc) is 2.97. The maximum atomic E-state index is 12.5. The van der Waals surface area contributed by atoms with E-state index in [2.05, 4.69) is 0 Å². The van der Waals surface area contributed by atoms with Crippen LogP contribution in [0.25, 0.3) is 6.08 Å². The molecule has 0 unspecified atom stereocenters. The molecule has 2 aromatic carbocycles. The summed E-state index contributed by atoms with van der Waals surface area (Å²) in [5.41, 5.74) is 1.29. The van der Waals surface area contributed by atoms with Gasteiger partial charge >= 0.3 is 5.97 Å². The van der Waals surface area contributed by atoms with Gasteiger partial charge in [0.1, 0.15) is 17.2 Å². The van der Waals surface area contributed by atoms with E-state index in [1.165, 1.54) is 0 Å². The molecule has 0 fully saturated rings. The Morgan fingerprint density at radius 3 is 2.44 bits per heavy atom. The van der Waals surface area contributed by atoms with Crippen molar-refractivity contribution in [3.05, 3.63) is 59.4 Å². The van der Waals surface area contributed by atoms with Crippen LogP contribution >= 0.6 is 0 Å². The molecule has 0 amide bonds. The van der Waals surface area contributed by atoms with E-state index < -0.39 is 5.97 Å². The molecule has 0 atom stereocenters. The summed E-state index contributed by atoms with van der Waals surface area (Å²) in [4.78, 5) is 23.8. The van der Waals surface area contributed by atoms with Crippen molar-refractivity contribution in [2.75, 3.05) is 19.8 Å². The summed E-state index contributed by atoms with van der Waals surface area (Å²) in [5.74, 6) is 1.35. The van der Waals surface area contributed by atoms with E-state index in [0.717, 1.165) is 5.56 Å². The minimum atomic E-state index is -0.419. The first kappa shape index (κ1) is 18.5. The fraction of sp³-hybridized carbons (Fsp3) is 0.238. The van der Waals surface area contributed by atoms with Gasteiger partial charge in [0.15, 0.2) is 12.4 Å². The van der Waals surface area contributed by atoms with Crippen molar-refractivity contribution in [3.8, 4) is 17.2 Å². The normalized spacial score (nSPS) is 13.9. The summed E-state index contributed by atoms with van der Waals surface area (Å²) < 4.78 is 21.3. The molecule has 1 aliphatic rings. The maximum Gasteiger partial charge on any atom is 0.344 e. The molecule has 2 aromatic rings. The zero-order chi connectivity index (χ0) is 19.2. The molecule has 0 saturated carbocycles. The Morgan fingerprint density at radius 2 is 1.74 bits per heavy atom. The number of allylic oxidation sites excluding steroid dienone is 1. The lowest BCUT2D eigenvalue weighted by atomic mass is 10.1. The van der Waals surface area contributed by atoms with Crippen molar-refractivity contribution in [2.24, 2.45) is 0 Å². The van der Waals surface area contributed by atoms with Crippen molar-refractivity contribution >= 4 is 17.8 Å². The number of ketones is 1. The number of hydrogen-bond acceptors (Lipinski definition) is 6. The van der Waals surface area contributed by atoms with E-state index in [1.807, 2.05) is 6.92 Å². The second-order valence-electron chi connectivity index (χ2n) is 5.69. The summed E-state index contributed by atoms with van der Waals surface area (Å²) >= 11 is 0. The van der Waals surface area contributed by atoms with Crippen molar-refractivity contribution < 1.29 is 28.5 Å². The Morgan fingerprint density at radius 1 is 1.00 bits per heavy atom. The second kappa shape index (κ2) is 8.40. The quantitative estimate of drug-likeness (QED) is 0.549. The molecule has 0 bridgehead atoms. The van der Waals surface area contributed by atoms with Crippen LogP contribution in [0.2, 0.25) is 0 Å². The van der Waals surface area contributed by atoms with Crippen molar-refractivity contribution in [1.82, 2.24) is 0 Å². The van der Waals surface area contributed by atoms with E-state index in [0.29, 0.717) is 36.0 Å². The Labute approximate surface area is 157 Å². The van der Waals surface area contributed by atoms with Gasteiger partial charge < -0.3 is 18.9 Å². The van der Waals surface area contributed by atoms with Gasteiger partial charge in [0.05, 0.1) is 18.8 Å². The molecule has 0 N–H and O–H groups in total. The molecular weight excluding hydrogens is 348 g/mol. The number of ether oxygens (including phenoxy) is 4. The van der Waals surface area contributed by atoms with Crippen molar-refractivity contribution in [2.45, 2.75) is 13.8 Å². The lowest BCUT2D eigenvalue weighted by Gasteiger charge is -2.06. The highest BCUT2D eigenvalue weighted by Gasteiger charge is 2.27. The first-order chi connectivity index (χ1) is 13.1. The largest absolute Gasteiger partial charge is 0.494 e. The molecule has 0 radical (unpaired) electrons. The smallest absolute Gasteiger partial charge is 0.344 e. The number of Topliss-reactive ketones (excluding diaryl/α,β-unsaturated/α-hetero) is 1. The van der Waals surface area contributed by atoms with Crippen molar-refractivity contribution in [3.63, 3.8) is 0 Å². The lowest BCUT2D eigenvalue weighted by Crippen LogP contribution is -2.14. The van der Waals surface area contributed by atoms with E-state index in [-0.39, 0.29) is 18.1 Å². The van der Waals surface area contributed by atoms with Gasteiger partial charge in [-0.2, -0.15) is 0 Å². The van der Waals surface area contributed by atoms with Gasteiger partial charge in [0.25, 0.3) is 0 Å². The highest BCUT2D eigenvalue weighted by molar-refractivity contribution is 6.14. The van der Waals surface area contributed by atoms with Crippen LogP contribution < -0.4 is 14.2 Å². The first-order valence-corrected chi connectivity index (χ1v) is 8.70. The fourth-order valence-electron chi connectivity index (χ4n) is 2.58. The summed E-state index contributed by atoms with van der Waals surface area (Å²) in [6.45, 7) is 4.34. The molecule has 0 saturated heterocycles. The monoisotopic (exact) mass is 368 g/mol. The van der Waals surface area contributed by atoms with Crippen LogP contribution in [-0.4, -0.2) is 31.6 Å². The molecule has 0 aliphatic carbocycles. The van der Waals surface area contributed by atoms with Gasteiger partial charge in [-0.05, 0) is 49.8 Å². The minimum Gasteiger partial charge on any atom is -0.494 e. The van der Waals surface area contributed by atoms with Gasteiger partial charge in [-0.15, -0.1) is 0 Å². The predicted octanol–water partition coefficient (Wildman–Crippen LogP) is 3.64. The first-order valence-electron chi connectivity index (χ1n) is 8.70. The Balaban J connectivity index is 1.68. The zero-order valence-electron chi connectivity index (χ0n) is 15.2. The van der Waals surface area contributed by atoms with E-state index in [4.69, 9.17) is 18.9 Å². The molecule has 1 aliphatic heterocycles. The minimum absolute atomic E-state index is 0.145. The summed E-state index contributed by atoms with van der Waals surface area (Å²) in [6.07, 6.45) is 1.66. The molecule has 140 valence electrons. The lowest BCUT2D eigenvalue weighted by molar-refractivity contribution is -0.145. The molecule has 27 heavy (non-hydrogen) atoms. The molecule has 6 heteroatoms. The molecule has 3 rings (SSSR count). The fourth-order valence-corrected chi connectivity index (χ4v) is 2.58. The molecule has 1 heterocycles. The number of hydrogen-bond donors (Lipinski definition) is 0. The molecule has 6 nitrogen and oxygen atoms in total. The van der Waals surface area contributed by atoms with Crippen LogP contribution in [0.1, 0.15) is 29.8 Å². The van der Waals surface area contributed by atoms with Crippen molar-refractivity contribution in [1.29, 1.82) is 0 Å². The number of benzene rings is 2. The van der Waals surface area contributed by atoms with E-state index >= 15 is 0 Å². The van der Waals surface area contributed by atoms with E-state index in [1.54, 1.807) is 55.5 Å². The maximum absolute atomic E-state index is 12.5. The zero-order valence-corrected chi connectivity index (χ0v) is 15.2. The highest BCUT2D eigenvalue weighted by Crippen LogP contribution is 2.35. The molecular formula is C21H20O6. The average molecular weight is 368 g/mol. The third-order valence-electron chi connectivity index (χ3n) is 3.79. The summed E-state index contributed by atoms with van der Waals surface area (Å²) in [6, 6.07) is 12.1. The Bertz CT molecular complexity index is 867. The third kappa shape index (κ3) is 4.47. The second-order valence-corrected chi connectivity index (χ2v) is 5.69. The number of esters is 1. The highest BCUT2D eigenvalue weighted by atomic mass is 16.6. The van der Waals surface area contributed by atoms with Gasteiger partial charge in [0, 0.05) is 6.07 Å². The number of carbonyl (C=O) groups excluding carboxylic acids is 2. The SMILES string of the molecule is CCOC(=O)COc1ccc(/C=C2\Oc3cc(OCC)ccc3C2=O)cc1. The number of rotatable bonds is 7. The van der Waals surface area contributed by atoms with E-state index in [9.17, 15) is 9.59 Å².